The molecule has 1 N–H and O–H groups in total. The third-order valence-electron chi connectivity index (χ3n) is 2.55. The van der Waals surface area contributed by atoms with Crippen LogP contribution in [0.25, 0.3) is 0 Å². The number of halogens is 3. The Morgan fingerprint density at radius 2 is 1.84 bits per heavy atom. The van der Waals surface area contributed by atoms with Gasteiger partial charge in [-0.3, -0.25) is 0 Å². The Bertz CT molecular complexity index is 600. The lowest BCUT2D eigenvalue weighted by molar-refractivity contribution is 0.199. The molecule has 0 saturated heterocycles. The molecule has 0 fully saturated rings. The molecular weight excluding hydrogens is 379 g/mol. The molecule has 0 heterocycles. The Morgan fingerprint density at radius 1 is 1.11 bits per heavy atom. The lowest BCUT2D eigenvalue weighted by Crippen LogP contribution is -1.93. The quantitative estimate of drug-likeness (QED) is 0.781. The maximum atomic E-state index is 13.6. The Morgan fingerprint density at radius 3 is 2.47 bits per heavy atom. The van der Waals surface area contributed by atoms with Crippen molar-refractivity contribution in [1.82, 2.24) is 0 Å². The van der Waals surface area contributed by atoms with Gasteiger partial charge in [-0.1, -0.05) is 22.0 Å². The van der Waals surface area contributed by atoms with Gasteiger partial charge in [0.05, 0.1) is 10.6 Å². The van der Waals surface area contributed by atoms with Crippen LogP contribution >= 0.6 is 31.9 Å². The third-order valence-corrected chi connectivity index (χ3v) is 3.66. The Hall–Kier alpha value is -0.910. The molecular formula is C14H11Br2FO2. The molecule has 2 aromatic carbocycles. The van der Waals surface area contributed by atoms with Gasteiger partial charge in [0.15, 0.2) is 11.6 Å². The summed E-state index contributed by atoms with van der Waals surface area (Å²) in [6.45, 7) is 1.68. The van der Waals surface area contributed by atoms with E-state index in [1.54, 1.807) is 37.3 Å². The van der Waals surface area contributed by atoms with Crippen LogP contribution in [0.15, 0.2) is 45.3 Å². The zero-order valence-electron chi connectivity index (χ0n) is 10.0. The minimum Gasteiger partial charge on any atom is -0.453 e. The van der Waals surface area contributed by atoms with Crippen molar-refractivity contribution in [1.29, 1.82) is 0 Å². The van der Waals surface area contributed by atoms with E-state index in [1.807, 2.05) is 0 Å². The van der Waals surface area contributed by atoms with Gasteiger partial charge >= 0.3 is 0 Å². The van der Waals surface area contributed by atoms with Crippen molar-refractivity contribution >= 4 is 31.9 Å². The first-order chi connectivity index (χ1) is 8.97. The van der Waals surface area contributed by atoms with Crippen LogP contribution in [0.3, 0.4) is 0 Å². The zero-order chi connectivity index (χ0) is 14.0. The Kier molecular flexibility index (Phi) is 4.60. The number of hydrogen-bond donors (Lipinski definition) is 1. The maximum absolute atomic E-state index is 13.6. The van der Waals surface area contributed by atoms with Gasteiger partial charge in [0.25, 0.3) is 0 Å². The van der Waals surface area contributed by atoms with E-state index in [2.05, 4.69) is 31.9 Å². The van der Waals surface area contributed by atoms with E-state index in [4.69, 9.17) is 4.74 Å². The lowest BCUT2D eigenvalue weighted by Gasteiger charge is -2.11. The first kappa shape index (κ1) is 14.5. The highest BCUT2D eigenvalue weighted by molar-refractivity contribution is 9.10. The van der Waals surface area contributed by atoms with Crippen LogP contribution in [0, 0.1) is 5.82 Å². The van der Waals surface area contributed by atoms with Gasteiger partial charge in [0.2, 0.25) is 0 Å². The number of aliphatic hydroxyl groups excluding tert-OH is 1. The highest BCUT2D eigenvalue weighted by Crippen LogP contribution is 2.34. The van der Waals surface area contributed by atoms with Crippen LogP contribution < -0.4 is 4.74 Å². The van der Waals surface area contributed by atoms with Crippen molar-refractivity contribution in [3.63, 3.8) is 0 Å². The van der Waals surface area contributed by atoms with Crippen molar-refractivity contribution in [2.45, 2.75) is 13.0 Å². The zero-order valence-corrected chi connectivity index (χ0v) is 13.2. The fourth-order valence-corrected chi connectivity index (χ4v) is 2.35. The second-order valence-corrected chi connectivity index (χ2v) is 5.81. The predicted octanol–water partition coefficient (Wildman–Crippen LogP) is 5.20. The van der Waals surface area contributed by atoms with Crippen molar-refractivity contribution in [3.8, 4) is 11.5 Å². The molecule has 0 saturated carbocycles. The highest BCUT2D eigenvalue weighted by atomic mass is 79.9. The predicted molar refractivity (Wildman–Crippen MR) is 78.9 cm³/mol. The number of hydrogen-bond acceptors (Lipinski definition) is 2. The van der Waals surface area contributed by atoms with E-state index in [0.717, 1.165) is 10.0 Å². The smallest absolute Gasteiger partial charge is 0.165 e. The van der Waals surface area contributed by atoms with Gasteiger partial charge in [-0.15, -0.1) is 0 Å². The number of ether oxygens (including phenoxy) is 1. The molecule has 0 aliphatic carbocycles. The van der Waals surface area contributed by atoms with Crippen LogP contribution in [0.1, 0.15) is 18.6 Å². The summed E-state index contributed by atoms with van der Waals surface area (Å²) in [7, 11) is 0. The Labute approximate surface area is 127 Å². The third kappa shape index (κ3) is 3.55. The largest absolute Gasteiger partial charge is 0.453 e. The summed E-state index contributed by atoms with van der Waals surface area (Å²) in [6, 6.07) is 9.67. The maximum Gasteiger partial charge on any atom is 0.165 e. The summed E-state index contributed by atoms with van der Waals surface area (Å²) in [6.07, 6.45) is -0.562. The summed E-state index contributed by atoms with van der Waals surface area (Å²) in [5.41, 5.74) is 0.758. The molecule has 0 aromatic heterocycles. The standard InChI is InChI=1S/C14H11Br2FO2/c1-8(18)9-2-5-13(11(16)6-9)19-14-7-10(15)3-4-12(14)17/h2-8,18H,1H3/t8-/m0/s1. The van der Waals surface area contributed by atoms with Gasteiger partial charge in [0, 0.05) is 4.47 Å². The highest BCUT2D eigenvalue weighted by Gasteiger charge is 2.10. The van der Waals surface area contributed by atoms with Gasteiger partial charge in [-0.2, -0.15) is 0 Å². The van der Waals surface area contributed by atoms with Crippen molar-refractivity contribution in [3.05, 3.63) is 56.7 Å². The minimum absolute atomic E-state index is 0.139. The average Bonchev–Trinajstić information content (AvgIpc) is 2.36. The van der Waals surface area contributed by atoms with Crippen LogP contribution in [-0.2, 0) is 0 Å². The second-order valence-electron chi connectivity index (χ2n) is 4.04. The van der Waals surface area contributed by atoms with Crippen LogP contribution in [0.5, 0.6) is 11.5 Å². The molecule has 0 radical (unpaired) electrons. The van der Waals surface area contributed by atoms with Crippen molar-refractivity contribution in [2.75, 3.05) is 0 Å². The minimum atomic E-state index is -0.562. The van der Waals surface area contributed by atoms with Crippen molar-refractivity contribution < 1.29 is 14.2 Å². The van der Waals surface area contributed by atoms with Crippen molar-refractivity contribution in [2.24, 2.45) is 0 Å². The van der Waals surface area contributed by atoms with Crippen LogP contribution in [0.2, 0.25) is 0 Å². The van der Waals surface area contributed by atoms with E-state index in [1.165, 1.54) is 6.07 Å². The summed E-state index contributed by atoms with van der Waals surface area (Å²) in [4.78, 5) is 0. The van der Waals surface area contributed by atoms with Gasteiger partial charge in [-0.25, -0.2) is 4.39 Å². The number of rotatable bonds is 3. The fraction of sp³-hybridized carbons (Fsp3) is 0.143. The second kappa shape index (κ2) is 6.03. The van der Waals surface area contributed by atoms with Crippen LogP contribution in [0.4, 0.5) is 4.39 Å². The molecule has 0 aliphatic heterocycles. The monoisotopic (exact) mass is 388 g/mol. The van der Waals surface area contributed by atoms with E-state index in [0.29, 0.717) is 10.2 Å². The van der Waals surface area contributed by atoms with Gasteiger partial charge < -0.3 is 9.84 Å². The van der Waals surface area contributed by atoms with E-state index in [9.17, 15) is 9.50 Å². The van der Waals surface area contributed by atoms with Gasteiger partial charge in [-0.05, 0) is 58.7 Å². The Balaban J connectivity index is 2.31. The first-order valence-corrected chi connectivity index (χ1v) is 7.16. The molecule has 5 heteroatoms. The fourth-order valence-electron chi connectivity index (χ4n) is 1.53. The SMILES string of the molecule is C[C@H](O)c1ccc(Oc2cc(Br)ccc2F)c(Br)c1. The summed E-state index contributed by atoms with van der Waals surface area (Å²) < 4.78 is 20.5. The van der Waals surface area contributed by atoms with E-state index in [-0.39, 0.29) is 5.75 Å². The number of benzene rings is 2. The molecule has 0 unspecified atom stereocenters. The number of aliphatic hydroxyl groups is 1. The summed E-state index contributed by atoms with van der Waals surface area (Å²) >= 11 is 6.61. The molecule has 2 nitrogen and oxygen atoms in total. The van der Waals surface area contributed by atoms with E-state index < -0.39 is 11.9 Å². The normalized spacial score (nSPS) is 12.3. The molecule has 19 heavy (non-hydrogen) atoms. The molecule has 0 amide bonds. The average molecular weight is 390 g/mol. The molecule has 1 atom stereocenters. The van der Waals surface area contributed by atoms with Crippen LogP contribution in [-0.4, -0.2) is 5.11 Å². The first-order valence-electron chi connectivity index (χ1n) is 5.58. The lowest BCUT2D eigenvalue weighted by atomic mass is 10.1. The topological polar surface area (TPSA) is 29.5 Å². The molecule has 100 valence electrons. The molecule has 0 aliphatic rings. The summed E-state index contributed by atoms with van der Waals surface area (Å²) in [5.74, 6) is 0.191. The van der Waals surface area contributed by atoms with E-state index >= 15 is 0 Å². The summed E-state index contributed by atoms with van der Waals surface area (Å²) in [5, 5.41) is 9.48. The molecule has 0 bridgehead atoms. The molecule has 2 rings (SSSR count). The molecule has 0 spiro atoms. The van der Waals surface area contributed by atoms with Gasteiger partial charge in [0.1, 0.15) is 5.75 Å². The molecule has 2 aromatic rings.